The van der Waals surface area contributed by atoms with Crippen molar-refractivity contribution in [2.75, 3.05) is 39.6 Å². The zero-order valence-corrected chi connectivity index (χ0v) is 64.5. The third-order valence-corrected chi connectivity index (χ3v) is 19.9. The molecule has 0 saturated carbocycles. The molecule has 0 aromatic carbocycles. The van der Waals surface area contributed by atoms with E-state index in [2.05, 4.69) is 41.5 Å². The maximum Gasteiger partial charge on any atom is 0.472 e. The van der Waals surface area contributed by atoms with Gasteiger partial charge in [-0.3, -0.25) is 37.3 Å². The molecule has 0 amide bonds. The van der Waals surface area contributed by atoms with Crippen molar-refractivity contribution in [3.8, 4) is 0 Å². The topological polar surface area (TPSA) is 237 Å². The van der Waals surface area contributed by atoms with Crippen molar-refractivity contribution in [2.24, 2.45) is 11.8 Å². The van der Waals surface area contributed by atoms with Crippen LogP contribution < -0.4 is 0 Å². The Kier molecular flexibility index (Phi) is 67.4. The van der Waals surface area contributed by atoms with E-state index in [0.29, 0.717) is 25.7 Å². The Hall–Kier alpha value is -1.94. The molecular formula is C77H150O17P2. The first-order valence-electron chi connectivity index (χ1n) is 40.0. The van der Waals surface area contributed by atoms with Gasteiger partial charge >= 0.3 is 39.5 Å². The number of carbonyl (C=O) groups is 4. The standard InChI is InChI=1S/C77H150O17P2/c1-7-9-11-13-15-17-19-20-21-25-30-36-42-48-54-60-75(80)88-66-73(93-76(81)61-55-49-43-37-31-26-23-22-24-28-33-39-45-51-57-69(3)4)68-92-96(85,86)90-64-71(78)63-89-95(83,84)91-67-72(65-87-74(79)59-53-47-41-35-18-16-14-12-10-8-2)94-77(82)62-56-50-44-38-32-27-29-34-40-46-52-58-70(5)6/h69-73,78H,7-68H2,1-6H3,(H,83,84)(H,85,86)/t71-,72+,73+/m0/s1. The lowest BCUT2D eigenvalue weighted by molar-refractivity contribution is -0.161. The molecule has 0 rings (SSSR count). The fourth-order valence-electron chi connectivity index (χ4n) is 11.8. The molecule has 0 spiro atoms. The van der Waals surface area contributed by atoms with Crippen molar-refractivity contribution >= 4 is 39.5 Å². The van der Waals surface area contributed by atoms with Crippen molar-refractivity contribution in [2.45, 2.75) is 419 Å². The van der Waals surface area contributed by atoms with Gasteiger partial charge in [-0.25, -0.2) is 9.13 Å². The Morgan fingerprint density at radius 2 is 0.479 bits per heavy atom. The second-order valence-electron chi connectivity index (χ2n) is 28.7. The Morgan fingerprint density at radius 1 is 0.281 bits per heavy atom. The van der Waals surface area contributed by atoms with Gasteiger partial charge in [-0.15, -0.1) is 0 Å². The molecule has 0 bridgehead atoms. The molecule has 0 saturated heterocycles. The van der Waals surface area contributed by atoms with Crippen LogP contribution in [0.3, 0.4) is 0 Å². The largest absolute Gasteiger partial charge is 0.472 e. The van der Waals surface area contributed by atoms with Crippen LogP contribution in [0.15, 0.2) is 0 Å². The number of carbonyl (C=O) groups excluding carboxylic acids is 4. The normalized spacial score (nSPS) is 14.0. The van der Waals surface area contributed by atoms with Gasteiger partial charge in [-0.05, 0) is 37.5 Å². The SMILES string of the molecule is CCCCCCCCCCCCCCCCCC(=O)OC[C@H](COP(=O)(O)OC[C@@H](O)COP(=O)(O)OC[C@@H](COC(=O)CCCCCCCCCCCC)OC(=O)CCCCCCCCCCCCCC(C)C)OC(=O)CCCCCCCCCCCCCCCCC(C)C. The van der Waals surface area contributed by atoms with Crippen LogP contribution in [0.5, 0.6) is 0 Å². The summed E-state index contributed by atoms with van der Waals surface area (Å²) in [5.41, 5.74) is 0. The van der Waals surface area contributed by atoms with Crippen molar-refractivity contribution in [3.05, 3.63) is 0 Å². The minimum atomic E-state index is -4.96. The summed E-state index contributed by atoms with van der Waals surface area (Å²) < 4.78 is 68.6. The molecule has 96 heavy (non-hydrogen) atoms. The molecular weight excluding hydrogens is 1260 g/mol. The number of aliphatic hydroxyl groups is 1. The lowest BCUT2D eigenvalue weighted by atomic mass is 10.0. The third kappa shape index (κ3) is 70.5. The van der Waals surface area contributed by atoms with Gasteiger partial charge in [0.25, 0.3) is 0 Å². The van der Waals surface area contributed by atoms with Crippen LogP contribution in [0, 0.1) is 11.8 Å². The molecule has 0 heterocycles. The number of unbranched alkanes of at least 4 members (excludes halogenated alkanes) is 46. The predicted molar refractivity (Wildman–Crippen MR) is 391 cm³/mol. The first-order valence-corrected chi connectivity index (χ1v) is 43.0. The van der Waals surface area contributed by atoms with Gasteiger partial charge in [0.2, 0.25) is 0 Å². The summed E-state index contributed by atoms with van der Waals surface area (Å²) in [4.78, 5) is 72.9. The summed E-state index contributed by atoms with van der Waals surface area (Å²) in [6, 6.07) is 0. The van der Waals surface area contributed by atoms with Gasteiger partial charge in [0.15, 0.2) is 12.2 Å². The molecule has 0 aliphatic carbocycles. The number of ether oxygens (including phenoxy) is 4. The molecule has 0 fully saturated rings. The van der Waals surface area contributed by atoms with Gasteiger partial charge in [0, 0.05) is 25.7 Å². The molecule has 0 aromatic heterocycles. The van der Waals surface area contributed by atoms with Gasteiger partial charge in [-0.2, -0.15) is 0 Å². The summed E-state index contributed by atoms with van der Waals surface area (Å²) in [6.45, 7) is 9.63. The molecule has 2 unspecified atom stereocenters. The summed E-state index contributed by atoms with van der Waals surface area (Å²) in [5, 5.41) is 10.6. The number of rotatable bonds is 76. The highest BCUT2D eigenvalue weighted by molar-refractivity contribution is 7.47. The fraction of sp³-hybridized carbons (Fsp3) is 0.948. The van der Waals surface area contributed by atoms with Gasteiger partial charge in [0.1, 0.15) is 19.3 Å². The van der Waals surface area contributed by atoms with E-state index in [1.165, 1.54) is 218 Å². The molecule has 17 nitrogen and oxygen atoms in total. The average molecular weight is 1410 g/mol. The van der Waals surface area contributed by atoms with E-state index in [1.54, 1.807) is 0 Å². The molecule has 19 heteroatoms. The van der Waals surface area contributed by atoms with E-state index >= 15 is 0 Å². The van der Waals surface area contributed by atoms with Crippen LogP contribution in [0.2, 0.25) is 0 Å². The van der Waals surface area contributed by atoms with E-state index in [0.717, 1.165) is 102 Å². The maximum atomic E-state index is 13.1. The second kappa shape index (κ2) is 68.8. The van der Waals surface area contributed by atoms with Crippen LogP contribution in [0.1, 0.15) is 401 Å². The highest BCUT2D eigenvalue weighted by Gasteiger charge is 2.30. The Balaban J connectivity index is 5.25. The minimum absolute atomic E-state index is 0.107. The highest BCUT2D eigenvalue weighted by atomic mass is 31.2. The van der Waals surface area contributed by atoms with Crippen molar-refractivity contribution in [1.29, 1.82) is 0 Å². The summed E-state index contributed by atoms with van der Waals surface area (Å²) in [6.07, 6.45) is 56.7. The second-order valence-corrected chi connectivity index (χ2v) is 31.6. The van der Waals surface area contributed by atoms with E-state index in [-0.39, 0.29) is 25.7 Å². The monoisotopic (exact) mass is 1410 g/mol. The summed E-state index contributed by atoms with van der Waals surface area (Å²) >= 11 is 0. The number of hydrogen-bond acceptors (Lipinski definition) is 15. The Labute approximate surface area is 588 Å². The van der Waals surface area contributed by atoms with Crippen molar-refractivity contribution in [1.82, 2.24) is 0 Å². The van der Waals surface area contributed by atoms with Crippen LogP contribution >= 0.6 is 15.6 Å². The third-order valence-electron chi connectivity index (χ3n) is 18.0. The summed E-state index contributed by atoms with van der Waals surface area (Å²) in [5.74, 6) is -0.552. The Bertz CT molecular complexity index is 1860. The number of hydrogen-bond donors (Lipinski definition) is 3. The molecule has 5 atom stereocenters. The molecule has 0 aliphatic heterocycles. The van der Waals surface area contributed by atoms with Crippen LogP contribution in [-0.2, 0) is 65.4 Å². The smallest absolute Gasteiger partial charge is 0.462 e. The zero-order chi connectivity index (χ0) is 70.7. The van der Waals surface area contributed by atoms with Crippen LogP contribution in [-0.4, -0.2) is 96.7 Å². The summed E-state index contributed by atoms with van der Waals surface area (Å²) in [7, 11) is -9.91. The number of esters is 4. The van der Waals surface area contributed by atoms with E-state index in [9.17, 15) is 43.2 Å². The van der Waals surface area contributed by atoms with Crippen molar-refractivity contribution in [3.63, 3.8) is 0 Å². The average Bonchev–Trinajstić information content (AvgIpc) is 1.69. The minimum Gasteiger partial charge on any atom is -0.462 e. The fourth-order valence-corrected chi connectivity index (χ4v) is 13.4. The molecule has 0 radical (unpaired) electrons. The predicted octanol–water partition coefficient (Wildman–Crippen LogP) is 22.7. The molecule has 0 aromatic rings. The van der Waals surface area contributed by atoms with Crippen LogP contribution in [0.4, 0.5) is 0 Å². The first-order chi connectivity index (χ1) is 46.4. The zero-order valence-electron chi connectivity index (χ0n) is 62.7. The van der Waals surface area contributed by atoms with Crippen LogP contribution in [0.25, 0.3) is 0 Å². The number of aliphatic hydroxyl groups excluding tert-OH is 1. The van der Waals surface area contributed by atoms with Gasteiger partial charge in [-0.1, -0.05) is 350 Å². The number of phosphoric ester groups is 2. The quantitative estimate of drug-likeness (QED) is 0.0222. The van der Waals surface area contributed by atoms with E-state index in [1.807, 2.05) is 0 Å². The lowest BCUT2D eigenvalue weighted by Gasteiger charge is -2.21. The number of phosphoric acid groups is 2. The molecule has 0 aliphatic rings. The first kappa shape index (κ1) is 94.1. The van der Waals surface area contributed by atoms with Crippen molar-refractivity contribution < 1.29 is 80.2 Å². The van der Waals surface area contributed by atoms with E-state index in [4.69, 9.17) is 37.0 Å². The maximum absolute atomic E-state index is 13.1. The lowest BCUT2D eigenvalue weighted by Crippen LogP contribution is -2.30. The van der Waals surface area contributed by atoms with Gasteiger partial charge < -0.3 is 33.8 Å². The highest BCUT2D eigenvalue weighted by Crippen LogP contribution is 2.45. The van der Waals surface area contributed by atoms with E-state index < -0.39 is 97.5 Å². The van der Waals surface area contributed by atoms with Gasteiger partial charge in [0.05, 0.1) is 26.4 Å². The molecule has 3 N–H and O–H groups in total. The molecule has 570 valence electrons. The Morgan fingerprint density at radius 3 is 0.708 bits per heavy atom.